The zero-order valence-electron chi connectivity index (χ0n) is 15.5. The minimum absolute atomic E-state index is 0.149. The largest absolute Gasteiger partial charge is 0.478 e. The fourth-order valence-corrected chi connectivity index (χ4v) is 4.25. The summed E-state index contributed by atoms with van der Waals surface area (Å²) in [6.07, 6.45) is 5.49. The van der Waals surface area contributed by atoms with E-state index in [9.17, 15) is 9.90 Å². The van der Waals surface area contributed by atoms with Gasteiger partial charge in [0.25, 0.3) is 0 Å². The summed E-state index contributed by atoms with van der Waals surface area (Å²) in [5, 5.41) is 13.0. The monoisotopic (exact) mass is 347 g/mol. The number of nitrogens with one attached hydrogen (secondary N) is 1. The Balaban J connectivity index is 1.70. The smallest absolute Gasteiger partial charge is 0.335 e. The second-order valence-corrected chi connectivity index (χ2v) is 8.45. The molecule has 1 aliphatic heterocycles. The Morgan fingerprint density at radius 3 is 2.50 bits per heavy atom. The van der Waals surface area contributed by atoms with Crippen LogP contribution in [0.1, 0.15) is 66.2 Å². The summed E-state index contributed by atoms with van der Waals surface area (Å²) in [5.41, 5.74) is 5.29. The molecule has 1 aliphatic carbocycles. The van der Waals surface area contributed by atoms with Gasteiger partial charge in [0.2, 0.25) is 0 Å². The van der Waals surface area contributed by atoms with Gasteiger partial charge in [-0.15, -0.1) is 0 Å². The highest BCUT2D eigenvalue weighted by Gasteiger charge is 2.38. The molecule has 2 N–H and O–H groups in total. The average Bonchev–Trinajstić information content (AvgIpc) is 3.10. The predicted octanol–water partition coefficient (Wildman–Crippen LogP) is 5.51. The summed E-state index contributed by atoms with van der Waals surface area (Å²) in [4.78, 5) is 11.3. The van der Waals surface area contributed by atoms with Crippen molar-refractivity contribution in [3.8, 4) is 0 Å². The van der Waals surface area contributed by atoms with E-state index < -0.39 is 5.97 Å². The van der Waals surface area contributed by atoms with Crippen LogP contribution in [0.25, 0.3) is 0 Å². The topological polar surface area (TPSA) is 49.3 Å². The van der Waals surface area contributed by atoms with Gasteiger partial charge in [0.05, 0.1) is 11.6 Å². The van der Waals surface area contributed by atoms with Crippen LogP contribution in [0, 0.1) is 5.92 Å². The van der Waals surface area contributed by atoms with Crippen LogP contribution in [-0.2, 0) is 5.41 Å². The van der Waals surface area contributed by atoms with Crippen LogP contribution < -0.4 is 5.32 Å². The average molecular weight is 347 g/mol. The number of hydrogen-bond acceptors (Lipinski definition) is 2. The fourth-order valence-electron chi connectivity index (χ4n) is 4.25. The van der Waals surface area contributed by atoms with Crippen LogP contribution in [-0.4, -0.2) is 11.1 Å². The standard InChI is InChI=1S/C23H25NO2/c1-23(2,3)16-10-7-14(8-11-16)21-18-6-4-5-17(18)19-13-15(22(25)26)9-12-20(19)24-21/h4-5,7-13,17-18,21,24H,6H2,1-3H3,(H,25,26)/t17-,18-,21-/m0/s1. The number of benzene rings is 2. The summed E-state index contributed by atoms with van der Waals surface area (Å²) in [6.45, 7) is 6.69. The molecule has 4 rings (SSSR count). The first-order valence-electron chi connectivity index (χ1n) is 9.25. The van der Waals surface area contributed by atoms with Crippen molar-refractivity contribution in [3.63, 3.8) is 0 Å². The van der Waals surface area contributed by atoms with Gasteiger partial charge in [-0.1, -0.05) is 57.2 Å². The lowest BCUT2D eigenvalue weighted by Crippen LogP contribution is -2.29. The first-order chi connectivity index (χ1) is 12.3. The molecule has 3 nitrogen and oxygen atoms in total. The lowest BCUT2D eigenvalue weighted by atomic mass is 9.76. The quantitative estimate of drug-likeness (QED) is 0.704. The summed E-state index contributed by atoms with van der Waals surface area (Å²) < 4.78 is 0. The molecular weight excluding hydrogens is 322 g/mol. The van der Waals surface area contributed by atoms with E-state index in [2.05, 4.69) is 62.5 Å². The van der Waals surface area contributed by atoms with E-state index in [1.807, 2.05) is 12.1 Å². The normalized spacial score (nSPS) is 23.9. The second kappa shape index (κ2) is 6.01. The van der Waals surface area contributed by atoms with E-state index >= 15 is 0 Å². The zero-order valence-corrected chi connectivity index (χ0v) is 15.5. The molecule has 2 aliphatic rings. The van der Waals surface area contributed by atoms with Gasteiger partial charge in [-0.2, -0.15) is 0 Å². The number of hydrogen-bond donors (Lipinski definition) is 2. The lowest BCUT2D eigenvalue weighted by molar-refractivity contribution is 0.0696. The maximum absolute atomic E-state index is 11.3. The molecule has 3 heteroatoms. The molecule has 0 radical (unpaired) electrons. The van der Waals surface area contributed by atoms with Gasteiger partial charge < -0.3 is 10.4 Å². The van der Waals surface area contributed by atoms with E-state index in [1.54, 1.807) is 6.07 Å². The number of carboxylic acid groups (broad SMARTS) is 1. The van der Waals surface area contributed by atoms with E-state index in [0.717, 1.165) is 17.7 Å². The third-order valence-corrected chi connectivity index (χ3v) is 5.75. The molecule has 0 fully saturated rings. The summed E-state index contributed by atoms with van der Waals surface area (Å²) >= 11 is 0. The Hall–Kier alpha value is -2.55. The first kappa shape index (κ1) is 16.9. The highest BCUT2D eigenvalue weighted by atomic mass is 16.4. The van der Waals surface area contributed by atoms with Crippen LogP contribution in [0.5, 0.6) is 0 Å². The number of carbonyl (C=O) groups is 1. The molecule has 0 aromatic heterocycles. The molecule has 0 unspecified atom stereocenters. The number of aromatic carboxylic acids is 1. The summed E-state index contributed by atoms with van der Waals surface area (Å²) in [5.74, 6) is -0.170. The first-order valence-corrected chi connectivity index (χ1v) is 9.25. The Kier molecular flexibility index (Phi) is 3.91. The molecule has 3 atom stereocenters. The molecule has 0 spiro atoms. The van der Waals surface area contributed by atoms with E-state index in [4.69, 9.17) is 0 Å². The molecule has 26 heavy (non-hydrogen) atoms. The molecule has 0 saturated heterocycles. The van der Waals surface area contributed by atoms with Crippen molar-refractivity contribution < 1.29 is 9.90 Å². The van der Waals surface area contributed by atoms with Crippen LogP contribution in [0.3, 0.4) is 0 Å². The number of fused-ring (bicyclic) bond motifs is 3. The molecular formula is C23H25NO2. The minimum atomic E-state index is -0.869. The van der Waals surface area contributed by atoms with E-state index in [0.29, 0.717) is 11.5 Å². The predicted molar refractivity (Wildman–Crippen MR) is 105 cm³/mol. The van der Waals surface area contributed by atoms with Gasteiger partial charge in [0.15, 0.2) is 0 Å². The molecule has 0 amide bonds. The molecule has 2 aromatic carbocycles. The number of carboxylic acids is 1. The van der Waals surface area contributed by atoms with Crippen molar-refractivity contribution in [1.29, 1.82) is 0 Å². The fraction of sp³-hybridized carbons (Fsp3) is 0.348. The molecule has 0 saturated carbocycles. The summed E-state index contributed by atoms with van der Waals surface area (Å²) in [6, 6.07) is 14.6. The van der Waals surface area contributed by atoms with Crippen LogP contribution in [0.15, 0.2) is 54.6 Å². The molecule has 134 valence electrons. The van der Waals surface area contributed by atoms with Gasteiger partial charge in [0, 0.05) is 11.6 Å². The Morgan fingerprint density at radius 2 is 1.85 bits per heavy atom. The summed E-state index contributed by atoms with van der Waals surface area (Å²) in [7, 11) is 0. The minimum Gasteiger partial charge on any atom is -0.478 e. The maximum atomic E-state index is 11.3. The van der Waals surface area contributed by atoms with Gasteiger partial charge in [-0.05, 0) is 52.6 Å². The van der Waals surface area contributed by atoms with Crippen molar-refractivity contribution >= 4 is 11.7 Å². The third kappa shape index (κ3) is 2.82. The SMILES string of the molecule is CC(C)(C)c1ccc([C@@H]2Nc3ccc(C(=O)O)cc3[C@H]3C=CC[C@@H]32)cc1. The van der Waals surface area contributed by atoms with Gasteiger partial charge in [-0.3, -0.25) is 0 Å². The van der Waals surface area contributed by atoms with Crippen LogP contribution in [0.2, 0.25) is 0 Å². The Bertz CT molecular complexity index is 874. The molecule has 0 bridgehead atoms. The van der Waals surface area contributed by atoms with Gasteiger partial charge >= 0.3 is 5.97 Å². The lowest BCUT2D eigenvalue weighted by Gasteiger charge is -2.38. The highest BCUT2D eigenvalue weighted by Crippen LogP contribution is 2.50. The number of rotatable bonds is 2. The van der Waals surface area contributed by atoms with Crippen LogP contribution >= 0.6 is 0 Å². The van der Waals surface area contributed by atoms with Crippen molar-refractivity contribution in [2.24, 2.45) is 5.92 Å². The Labute approximate surface area is 154 Å². The Morgan fingerprint density at radius 1 is 1.12 bits per heavy atom. The zero-order chi connectivity index (χ0) is 18.5. The van der Waals surface area contributed by atoms with Crippen molar-refractivity contribution in [2.75, 3.05) is 5.32 Å². The van der Waals surface area contributed by atoms with Crippen molar-refractivity contribution in [1.82, 2.24) is 0 Å². The number of anilines is 1. The van der Waals surface area contributed by atoms with Crippen LogP contribution in [0.4, 0.5) is 5.69 Å². The molecule has 1 heterocycles. The maximum Gasteiger partial charge on any atom is 0.335 e. The van der Waals surface area contributed by atoms with Gasteiger partial charge in [0.1, 0.15) is 0 Å². The van der Waals surface area contributed by atoms with Crippen molar-refractivity contribution in [3.05, 3.63) is 76.9 Å². The second-order valence-electron chi connectivity index (χ2n) is 8.45. The van der Waals surface area contributed by atoms with E-state index in [1.165, 1.54) is 11.1 Å². The van der Waals surface area contributed by atoms with Crippen molar-refractivity contribution in [2.45, 2.75) is 44.6 Å². The third-order valence-electron chi connectivity index (χ3n) is 5.75. The highest BCUT2D eigenvalue weighted by molar-refractivity contribution is 5.89. The number of allylic oxidation sites excluding steroid dienone is 2. The molecule has 2 aromatic rings. The van der Waals surface area contributed by atoms with E-state index in [-0.39, 0.29) is 17.4 Å². The van der Waals surface area contributed by atoms with Gasteiger partial charge in [-0.25, -0.2) is 4.79 Å².